The quantitative estimate of drug-likeness (QED) is 0.754. The summed E-state index contributed by atoms with van der Waals surface area (Å²) in [6, 6.07) is 18.7. The molecule has 1 N–H and O–H groups in total. The van der Waals surface area contributed by atoms with Crippen molar-refractivity contribution in [1.29, 1.82) is 0 Å². The first-order chi connectivity index (χ1) is 11.6. The van der Waals surface area contributed by atoms with Gasteiger partial charge in [-0.1, -0.05) is 55.0 Å². The van der Waals surface area contributed by atoms with Crippen LogP contribution in [-0.2, 0) is 6.54 Å². The van der Waals surface area contributed by atoms with Crippen molar-refractivity contribution in [3.63, 3.8) is 0 Å². The van der Waals surface area contributed by atoms with Gasteiger partial charge in [0.2, 0.25) is 0 Å². The van der Waals surface area contributed by atoms with Crippen molar-refractivity contribution in [2.24, 2.45) is 0 Å². The van der Waals surface area contributed by atoms with Gasteiger partial charge in [-0.2, -0.15) is 0 Å². The Morgan fingerprint density at radius 2 is 1.71 bits per heavy atom. The van der Waals surface area contributed by atoms with E-state index in [0.717, 1.165) is 18.7 Å². The van der Waals surface area contributed by atoms with Crippen molar-refractivity contribution in [2.75, 3.05) is 13.2 Å². The number of aryl methyl sites for hydroxylation is 1. The lowest BCUT2D eigenvalue weighted by atomic mass is 10.1. The van der Waals surface area contributed by atoms with Crippen LogP contribution in [0.4, 0.5) is 0 Å². The molecule has 0 amide bonds. The van der Waals surface area contributed by atoms with E-state index in [9.17, 15) is 5.11 Å². The monoisotopic (exact) mass is 327 g/mol. The molecule has 0 aliphatic rings. The molecule has 0 saturated carbocycles. The van der Waals surface area contributed by atoms with Gasteiger partial charge in [-0.3, -0.25) is 4.90 Å². The van der Waals surface area contributed by atoms with Crippen molar-refractivity contribution in [1.82, 2.24) is 4.90 Å². The highest BCUT2D eigenvalue weighted by Crippen LogP contribution is 2.14. The van der Waals surface area contributed by atoms with Crippen LogP contribution in [0.15, 0.2) is 54.6 Å². The Bertz CT molecular complexity index is 583. The van der Waals surface area contributed by atoms with Crippen molar-refractivity contribution in [3.8, 4) is 5.75 Å². The minimum absolute atomic E-state index is 0.310. The number of aliphatic hydroxyl groups is 1. The third-order valence-corrected chi connectivity index (χ3v) is 4.35. The summed E-state index contributed by atoms with van der Waals surface area (Å²) in [6.45, 7) is 8.25. The topological polar surface area (TPSA) is 32.7 Å². The fourth-order valence-electron chi connectivity index (χ4n) is 2.62. The summed E-state index contributed by atoms with van der Waals surface area (Å²) in [6.07, 6.45) is 0.544. The van der Waals surface area contributed by atoms with Crippen molar-refractivity contribution in [3.05, 3.63) is 65.7 Å². The lowest BCUT2D eigenvalue weighted by molar-refractivity contribution is 0.0506. The molecule has 0 aromatic heterocycles. The van der Waals surface area contributed by atoms with Crippen LogP contribution in [0.25, 0.3) is 0 Å². The summed E-state index contributed by atoms with van der Waals surface area (Å²) in [4.78, 5) is 2.32. The summed E-state index contributed by atoms with van der Waals surface area (Å²) in [5.41, 5.74) is 2.54. The van der Waals surface area contributed by atoms with Crippen LogP contribution < -0.4 is 4.74 Å². The van der Waals surface area contributed by atoms with E-state index < -0.39 is 6.10 Å². The van der Waals surface area contributed by atoms with Crippen molar-refractivity contribution < 1.29 is 9.84 Å². The Labute approximate surface area is 145 Å². The first-order valence-corrected chi connectivity index (χ1v) is 8.74. The van der Waals surface area contributed by atoms with Crippen LogP contribution in [0.3, 0.4) is 0 Å². The highest BCUT2D eigenvalue weighted by Gasteiger charge is 2.17. The fraction of sp³-hybridized carbons (Fsp3) is 0.429. The molecule has 0 aliphatic carbocycles. The summed E-state index contributed by atoms with van der Waals surface area (Å²) in [5, 5.41) is 10.4. The largest absolute Gasteiger partial charge is 0.491 e. The number of para-hydroxylation sites is 1. The molecule has 3 heteroatoms. The third kappa shape index (κ3) is 5.99. The molecule has 2 atom stereocenters. The number of benzene rings is 2. The molecule has 0 heterocycles. The van der Waals surface area contributed by atoms with Crippen LogP contribution in [0, 0.1) is 6.92 Å². The van der Waals surface area contributed by atoms with E-state index in [1.807, 2.05) is 30.3 Å². The van der Waals surface area contributed by atoms with Gasteiger partial charge < -0.3 is 9.84 Å². The number of nitrogens with zero attached hydrogens (tertiary/aromatic N) is 1. The Morgan fingerprint density at radius 1 is 1.04 bits per heavy atom. The van der Waals surface area contributed by atoms with Crippen LogP contribution in [-0.4, -0.2) is 35.3 Å². The second-order valence-corrected chi connectivity index (χ2v) is 6.45. The minimum Gasteiger partial charge on any atom is -0.491 e. The predicted octanol–water partition coefficient (Wildman–Crippen LogP) is 4.04. The lowest BCUT2D eigenvalue weighted by Gasteiger charge is -2.30. The first-order valence-electron chi connectivity index (χ1n) is 8.74. The maximum absolute atomic E-state index is 10.4. The van der Waals surface area contributed by atoms with E-state index in [1.54, 1.807) is 0 Å². The lowest BCUT2D eigenvalue weighted by Crippen LogP contribution is -2.40. The van der Waals surface area contributed by atoms with Gasteiger partial charge in [0.15, 0.2) is 0 Å². The van der Waals surface area contributed by atoms with Gasteiger partial charge in [-0.25, -0.2) is 0 Å². The van der Waals surface area contributed by atoms with E-state index in [0.29, 0.717) is 19.2 Å². The number of ether oxygens (including phenoxy) is 1. The third-order valence-electron chi connectivity index (χ3n) is 4.35. The van der Waals surface area contributed by atoms with Gasteiger partial charge in [0, 0.05) is 19.1 Å². The molecular weight excluding hydrogens is 298 g/mol. The van der Waals surface area contributed by atoms with E-state index in [2.05, 4.69) is 49.9 Å². The van der Waals surface area contributed by atoms with Gasteiger partial charge >= 0.3 is 0 Å². The van der Waals surface area contributed by atoms with Gasteiger partial charge in [0.25, 0.3) is 0 Å². The maximum atomic E-state index is 10.4. The molecule has 2 aromatic rings. The predicted molar refractivity (Wildman–Crippen MR) is 99.3 cm³/mol. The van der Waals surface area contributed by atoms with Crippen LogP contribution in [0.1, 0.15) is 31.4 Å². The Balaban J connectivity index is 1.91. The molecular formula is C21H29NO2. The standard InChI is InChI=1S/C21H29NO2/c1-4-18(3)22(14-19-12-10-17(2)11-13-19)15-20(23)16-24-21-8-6-5-7-9-21/h5-13,18,20,23H,4,14-16H2,1-3H3/t18-,20-/m0/s1. The van der Waals surface area contributed by atoms with Gasteiger partial charge in [-0.05, 0) is 38.0 Å². The average Bonchev–Trinajstić information content (AvgIpc) is 2.61. The SMILES string of the molecule is CC[C@H](C)N(Cc1ccc(C)cc1)C[C@H](O)COc1ccccc1. The second kappa shape index (κ2) is 9.45. The molecule has 0 saturated heterocycles. The maximum Gasteiger partial charge on any atom is 0.119 e. The minimum atomic E-state index is -0.510. The second-order valence-electron chi connectivity index (χ2n) is 6.45. The van der Waals surface area contributed by atoms with E-state index in [1.165, 1.54) is 11.1 Å². The molecule has 0 aliphatic heterocycles. The van der Waals surface area contributed by atoms with Crippen molar-refractivity contribution >= 4 is 0 Å². The number of hydrogen-bond acceptors (Lipinski definition) is 3. The van der Waals surface area contributed by atoms with Crippen LogP contribution in [0.2, 0.25) is 0 Å². The molecule has 24 heavy (non-hydrogen) atoms. The molecule has 3 nitrogen and oxygen atoms in total. The normalized spacial score (nSPS) is 13.7. The number of aliphatic hydroxyl groups excluding tert-OH is 1. The molecule has 130 valence electrons. The molecule has 2 aromatic carbocycles. The molecule has 0 unspecified atom stereocenters. The Hall–Kier alpha value is -1.84. The first kappa shape index (κ1) is 18.5. The summed E-state index contributed by atoms with van der Waals surface area (Å²) in [5.74, 6) is 0.796. The molecule has 0 radical (unpaired) electrons. The van der Waals surface area contributed by atoms with Crippen LogP contribution >= 0.6 is 0 Å². The molecule has 0 spiro atoms. The highest BCUT2D eigenvalue weighted by molar-refractivity contribution is 5.22. The molecule has 2 rings (SSSR count). The highest BCUT2D eigenvalue weighted by atomic mass is 16.5. The summed E-state index contributed by atoms with van der Waals surface area (Å²) in [7, 11) is 0. The van der Waals surface area contributed by atoms with Gasteiger partial charge in [-0.15, -0.1) is 0 Å². The Morgan fingerprint density at radius 3 is 2.33 bits per heavy atom. The van der Waals surface area contributed by atoms with E-state index in [-0.39, 0.29) is 0 Å². The Kier molecular flexibility index (Phi) is 7.29. The van der Waals surface area contributed by atoms with E-state index >= 15 is 0 Å². The van der Waals surface area contributed by atoms with Gasteiger partial charge in [0.05, 0.1) is 0 Å². The summed E-state index contributed by atoms with van der Waals surface area (Å²) >= 11 is 0. The smallest absolute Gasteiger partial charge is 0.119 e. The van der Waals surface area contributed by atoms with Gasteiger partial charge in [0.1, 0.15) is 18.5 Å². The van der Waals surface area contributed by atoms with Crippen molar-refractivity contribution in [2.45, 2.75) is 45.9 Å². The fourth-order valence-corrected chi connectivity index (χ4v) is 2.62. The van der Waals surface area contributed by atoms with E-state index in [4.69, 9.17) is 4.74 Å². The summed E-state index contributed by atoms with van der Waals surface area (Å²) < 4.78 is 5.67. The number of rotatable bonds is 9. The zero-order valence-electron chi connectivity index (χ0n) is 15.0. The zero-order valence-corrected chi connectivity index (χ0v) is 15.0. The molecule has 0 fully saturated rings. The molecule has 0 bridgehead atoms. The number of hydrogen-bond donors (Lipinski definition) is 1. The zero-order chi connectivity index (χ0) is 17.4. The van der Waals surface area contributed by atoms with Crippen LogP contribution in [0.5, 0.6) is 5.75 Å². The average molecular weight is 327 g/mol.